The van der Waals surface area contributed by atoms with E-state index in [-0.39, 0.29) is 0 Å². The Hall–Kier alpha value is -3.72. The summed E-state index contributed by atoms with van der Waals surface area (Å²) in [4.78, 5) is 4.78. The van der Waals surface area contributed by atoms with Gasteiger partial charge in [-0.05, 0) is 50.6 Å². The highest BCUT2D eigenvalue weighted by molar-refractivity contribution is 6.31. The number of aromatic nitrogens is 7. The van der Waals surface area contributed by atoms with Gasteiger partial charge in [-0.1, -0.05) is 35.0 Å². The van der Waals surface area contributed by atoms with Crippen LogP contribution in [-0.2, 0) is 6.54 Å². The van der Waals surface area contributed by atoms with Crippen LogP contribution in [0.25, 0.3) is 28.2 Å². The highest BCUT2D eigenvalue weighted by Gasteiger charge is 2.20. The van der Waals surface area contributed by atoms with E-state index in [4.69, 9.17) is 26.1 Å². The summed E-state index contributed by atoms with van der Waals surface area (Å²) in [5.74, 6) is 2.70. The number of aryl methyl sites for hydroxylation is 1. The van der Waals surface area contributed by atoms with Crippen LogP contribution < -0.4 is 9.47 Å². The minimum absolute atomic E-state index is 0.455. The summed E-state index contributed by atoms with van der Waals surface area (Å²) in [6, 6.07) is 13.4. The zero-order chi connectivity index (χ0) is 22.9. The van der Waals surface area contributed by atoms with Gasteiger partial charge in [-0.3, -0.25) is 4.40 Å². The molecule has 0 fully saturated rings. The molecule has 0 radical (unpaired) electrons. The van der Waals surface area contributed by atoms with Gasteiger partial charge in [0.2, 0.25) is 0 Å². The molecule has 0 aliphatic heterocycles. The van der Waals surface area contributed by atoms with Crippen molar-refractivity contribution < 1.29 is 9.47 Å². The topological polar surface area (TPSA) is 92.2 Å². The van der Waals surface area contributed by atoms with Crippen molar-refractivity contribution in [3.8, 4) is 22.9 Å². The largest absolute Gasteiger partial charge is 0.490 e. The first-order chi connectivity index (χ1) is 16.1. The molecule has 0 saturated carbocycles. The third-order valence-electron chi connectivity index (χ3n) is 5.25. The van der Waals surface area contributed by atoms with Crippen molar-refractivity contribution in [2.45, 2.75) is 27.3 Å². The first-order valence-corrected chi connectivity index (χ1v) is 11.1. The van der Waals surface area contributed by atoms with Crippen molar-refractivity contribution in [1.29, 1.82) is 0 Å². The molecule has 2 aromatic carbocycles. The van der Waals surface area contributed by atoms with E-state index in [0.29, 0.717) is 64.7 Å². The monoisotopic (exact) mass is 463 g/mol. The second-order valence-corrected chi connectivity index (χ2v) is 7.79. The molecular formula is C23H22ClN7O2. The Bertz CT molecular complexity index is 1460. The van der Waals surface area contributed by atoms with Crippen LogP contribution in [-0.4, -0.2) is 47.8 Å². The Morgan fingerprint density at radius 2 is 1.70 bits per heavy atom. The van der Waals surface area contributed by atoms with Gasteiger partial charge in [0.25, 0.3) is 0 Å². The minimum atomic E-state index is 0.455. The number of halogens is 1. The van der Waals surface area contributed by atoms with Crippen LogP contribution >= 0.6 is 11.6 Å². The second-order valence-electron chi connectivity index (χ2n) is 7.38. The predicted octanol–water partition coefficient (Wildman–Crippen LogP) is 4.34. The molecule has 5 rings (SSSR count). The van der Waals surface area contributed by atoms with E-state index < -0.39 is 0 Å². The Morgan fingerprint density at radius 3 is 2.48 bits per heavy atom. The maximum absolute atomic E-state index is 6.33. The van der Waals surface area contributed by atoms with E-state index in [0.717, 1.165) is 11.1 Å². The molecule has 10 heteroatoms. The average Bonchev–Trinajstić information content (AvgIpc) is 3.42. The van der Waals surface area contributed by atoms with Gasteiger partial charge in [0.15, 0.2) is 34.1 Å². The van der Waals surface area contributed by atoms with Crippen molar-refractivity contribution in [3.63, 3.8) is 0 Å². The van der Waals surface area contributed by atoms with Gasteiger partial charge < -0.3 is 9.47 Å². The molecule has 3 heterocycles. The minimum Gasteiger partial charge on any atom is -0.490 e. The van der Waals surface area contributed by atoms with E-state index >= 15 is 0 Å². The van der Waals surface area contributed by atoms with Crippen molar-refractivity contribution in [3.05, 3.63) is 58.9 Å². The van der Waals surface area contributed by atoms with Gasteiger partial charge in [-0.2, -0.15) is 0 Å². The van der Waals surface area contributed by atoms with Crippen LogP contribution in [0.4, 0.5) is 0 Å². The molecule has 0 N–H and O–H groups in total. The molecule has 9 nitrogen and oxygen atoms in total. The number of ether oxygens (including phenoxy) is 2. The molecule has 5 aromatic rings. The first-order valence-electron chi connectivity index (χ1n) is 10.7. The summed E-state index contributed by atoms with van der Waals surface area (Å²) in [5.41, 5.74) is 3.56. The summed E-state index contributed by atoms with van der Waals surface area (Å²) in [5, 5.41) is 18.2. The standard InChI is InChI=1S/C23H22ClN7O2/c1-4-32-18-11-10-15(12-19(18)33-5-2)21-27-28-23-20-22(25-14(3)31(21)23)30(29-26-20)13-16-8-6-7-9-17(16)24/h6-12H,4-5,13H2,1-3H3. The van der Waals surface area contributed by atoms with Gasteiger partial charge >= 0.3 is 0 Å². The van der Waals surface area contributed by atoms with Crippen LogP contribution in [0.2, 0.25) is 5.02 Å². The highest BCUT2D eigenvalue weighted by atomic mass is 35.5. The first kappa shape index (κ1) is 21.1. The van der Waals surface area contributed by atoms with Crippen LogP contribution in [0, 0.1) is 6.92 Å². The molecule has 33 heavy (non-hydrogen) atoms. The normalized spacial score (nSPS) is 11.4. The predicted molar refractivity (Wildman–Crippen MR) is 125 cm³/mol. The van der Waals surface area contributed by atoms with Crippen LogP contribution in [0.1, 0.15) is 25.2 Å². The number of fused-ring (bicyclic) bond motifs is 3. The maximum atomic E-state index is 6.33. The lowest BCUT2D eigenvalue weighted by Crippen LogP contribution is -2.06. The Kier molecular flexibility index (Phi) is 5.55. The smallest absolute Gasteiger partial charge is 0.194 e. The molecule has 0 spiro atoms. The average molecular weight is 464 g/mol. The zero-order valence-electron chi connectivity index (χ0n) is 18.5. The lowest BCUT2D eigenvalue weighted by Gasteiger charge is -2.12. The molecular weight excluding hydrogens is 442 g/mol. The third-order valence-corrected chi connectivity index (χ3v) is 5.62. The molecule has 0 unspecified atom stereocenters. The fourth-order valence-electron chi connectivity index (χ4n) is 3.78. The summed E-state index contributed by atoms with van der Waals surface area (Å²) in [6.07, 6.45) is 0. The molecule has 168 valence electrons. The SMILES string of the molecule is CCOc1ccc(-c2nnc3c4nnn(Cc5ccccc5Cl)c4nc(C)n23)cc1OCC. The number of nitrogens with zero attached hydrogens (tertiary/aromatic N) is 7. The summed E-state index contributed by atoms with van der Waals surface area (Å²) < 4.78 is 15.1. The van der Waals surface area contributed by atoms with Gasteiger partial charge in [-0.15, -0.1) is 15.3 Å². The Labute approximate surface area is 194 Å². The third kappa shape index (κ3) is 3.74. The fourth-order valence-corrected chi connectivity index (χ4v) is 3.98. The van der Waals surface area contributed by atoms with Gasteiger partial charge in [0.05, 0.1) is 19.8 Å². The van der Waals surface area contributed by atoms with Crippen LogP contribution in [0.5, 0.6) is 11.5 Å². The fraction of sp³-hybridized carbons (Fsp3) is 0.261. The lowest BCUT2D eigenvalue weighted by atomic mass is 10.2. The van der Waals surface area contributed by atoms with Crippen LogP contribution in [0.15, 0.2) is 42.5 Å². The van der Waals surface area contributed by atoms with Crippen molar-refractivity contribution >= 4 is 28.4 Å². The Morgan fingerprint density at radius 1 is 0.909 bits per heavy atom. The van der Waals surface area contributed by atoms with E-state index in [9.17, 15) is 0 Å². The van der Waals surface area contributed by atoms with Gasteiger partial charge in [0.1, 0.15) is 5.82 Å². The summed E-state index contributed by atoms with van der Waals surface area (Å²) in [7, 11) is 0. The van der Waals surface area contributed by atoms with Crippen molar-refractivity contribution in [2.75, 3.05) is 13.2 Å². The molecule has 0 aliphatic carbocycles. The molecule has 3 aromatic heterocycles. The summed E-state index contributed by atoms with van der Waals surface area (Å²) in [6.45, 7) is 7.32. The van der Waals surface area contributed by atoms with Crippen molar-refractivity contribution in [1.82, 2.24) is 34.6 Å². The zero-order valence-corrected chi connectivity index (χ0v) is 19.2. The number of hydrogen-bond donors (Lipinski definition) is 0. The van der Waals surface area contributed by atoms with E-state index in [2.05, 4.69) is 20.5 Å². The number of hydrogen-bond acceptors (Lipinski definition) is 7. The van der Waals surface area contributed by atoms with Crippen LogP contribution in [0.3, 0.4) is 0 Å². The molecule has 0 amide bonds. The lowest BCUT2D eigenvalue weighted by molar-refractivity contribution is 0.288. The molecule has 0 saturated heterocycles. The maximum Gasteiger partial charge on any atom is 0.194 e. The Balaban J connectivity index is 1.61. The van der Waals surface area contributed by atoms with E-state index in [1.54, 1.807) is 4.68 Å². The molecule has 0 aliphatic rings. The van der Waals surface area contributed by atoms with E-state index in [1.165, 1.54) is 0 Å². The van der Waals surface area contributed by atoms with Crippen molar-refractivity contribution in [2.24, 2.45) is 0 Å². The van der Waals surface area contributed by atoms with Gasteiger partial charge in [-0.25, -0.2) is 9.67 Å². The summed E-state index contributed by atoms with van der Waals surface area (Å²) >= 11 is 6.33. The number of benzene rings is 2. The highest BCUT2D eigenvalue weighted by Crippen LogP contribution is 2.33. The molecule has 0 bridgehead atoms. The molecule has 0 atom stereocenters. The second kappa shape index (κ2) is 8.67. The van der Waals surface area contributed by atoms with E-state index in [1.807, 2.05) is 67.6 Å². The quantitative estimate of drug-likeness (QED) is 0.354. The number of rotatable bonds is 7. The van der Waals surface area contributed by atoms with Gasteiger partial charge in [0, 0.05) is 10.6 Å².